The highest BCUT2D eigenvalue weighted by molar-refractivity contribution is 5.92. The number of aliphatic hydroxyl groups is 1. The summed E-state index contributed by atoms with van der Waals surface area (Å²) >= 11 is 0. The lowest BCUT2D eigenvalue weighted by Gasteiger charge is -2.20. The molecule has 1 aromatic rings. The van der Waals surface area contributed by atoms with Gasteiger partial charge in [-0.1, -0.05) is 27.2 Å². The number of carbonyl (C=O) groups is 1. The summed E-state index contributed by atoms with van der Waals surface area (Å²) in [6.45, 7) is 6.09. The molecule has 1 atom stereocenters. The number of carbonyl (C=O) groups excluding carboxylic acids is 1. The maximum absolute atomic E-state index is 12.3. The van der Waals surface area contributed by atoms with E-state index in [-0.39, 0.29) is 18.4 Å². The van der Waals surface area contributed by atoms with Gasteiger partial charge >= 0.3 is 0 Å². The summed E-state index contributed by atoms with van der Waals surface area (Å²) in [5, 5.41) is 12.2. The number of aliphatic hydroxyl groups excluding tert-OH is 1. The molecule has 0 saturated carbocycles. The third kappa shape index (κ3) is 4.23. The number of benzene rings is 1. The summed E-state index contributed by atoms with van der Waals surface area (Å²) in [5.41, 5.74) is 1.36. The molecule has 0 fully saturated rings. The second-order valence-corrected chi connectivity index (χ2v) is 5.31. The van der Waals surface area contributed by atoms with Crippen LogP contribution in [0.3, 0.4) is 0 Å². The van der Waals surface area contributed by atoms with Gasteiger partial charge in [-0.3, -0.25) is 4.79 Å². The van der Waals surface area contributed by atoms with Crippen LogP contribution in [0.1, 0.15) is 39.2 Å². The van der Waals surface area contributed by atoms with Crippen molar-refractivity contribution < 1.29 is 14.6 Å². The van der Waals surface area contributed by atoms with Crippen LogP contribution in [0.4, 0.5) is 5.69 Å². The average molecular weight is 279 g/mol. The van der Waals surface area contributed by atoms with Crippen molar-refractivity contribution in [2.24, 2.45) is 11.8 Å². The largest absolute Gasteiger partial charge is 0.496 e. The molecule has 0 spiro atoms. The normalized spacial score (nSPS) is 12.3. The van der Waals surface area contributed by atoms with Gasteiger partial charge < -0.3 is 15.2 Å². The zero-order valence-electron chi connectivity index (χ0n) is 12.8. The lowest BCUT2D eigenvalue weighted by Crippen LogP contribution is -2.26. The summed E-state index contributed by atoms with van der Waals surface area (Å²) in [5.74, 6) is 0.987. The summed E-state index contributed by atoms with van der Waals surface area (Å²) in [6.07, 6.45) is 1.87. The van der Waals surface area contributed by atoms with Crippen molar-refractivity contribution in [2.45, 2.75) is 40.2 Å². The Hall–Kier alpha value is -1.55. The molecule has 1 rings (SSSR count). The van der Waals surface area contributed by atoms with Crippen molar-refractivity contribution in [3.63, 3.8) is 0 Å². The lowest BCUT2D eigenvalue weighted by molar-refractivity contribution is -0.121. The SMILES string of the molecule is CCCC(C(=O)Nc1ccc(OC)c(CO)c1)C(C)C. The number of nitrogens with one attached hydrogen (secondary N) is 1. The van der Waals surface area contributed by atoms with Crippen LogP contribution in [0.2, 0.25) is 0 Å². The van der Waals surface area contributed by atoms with Crippen LogP contribution in [-0.4, -0.2) is 18.1 Å². The monoisotopic (exact) mass is 279 g/mol. The predicted molar refractivity (Wildman–Crippen MR) is 80.8 cm³/mol. The van der Waals surface area contributed by atoms with E-state index in [0.29, 0.717) is 22.9 Å². The number of ether oxygens (including phenoxy) is 1. The highest BCUT2D eigenvalue weighted by Gasteiger charge is 2.21. The number of rotatable bonds is 7. The maximum atomic E-state index is 12.3. The zero-order chi connectivity index (χ0) is 15.1. The second kappa shape index (κ2) is 7.90. The molecule has 1 amide bonds. The van der Waals surface area contributed by atoms with Gasteiger partial charge in [0.25, 0.3) is 0 Å². The van der Waals surface area contributed by atoms with Gasteiger partial charge in [0, 0.05) is 17.2 Å². The fourth-order valence-corrected chi connectivity index (χ4v) is 2.29. The minimum atomic E-state index is -0.116. The quantitative estimate of drug-likeness (QED) is 0.806. The van der Waals surface area contributed by atoms with E-state index < -0.39 is 0 Å². The standard InChI is InChI=1S/C16H25NO3/c1-5-6-14(11(2)3)16(19)17-13-7-8-15(20-4)12(9-13)10-18/h7-9,11,14,18H,5-6,10H2,1-4H3,(H,17,19). The molecule has 1 unspecified atom stereocenters. The Labute approximate surface area is 121 Å². The van der Waals surface area contributed by atoms with E-state index in [1.165, 1.54) is 0 Å². The maximum Gasteiger partial charge on any atom is 0.227 e. The Morgan fingerprint density at radius 2 is 2.10 bits per heavy atom. The summed E-state index contributed by atoms with van der Waals surface area (Å²) in [4.78, 5) is 12.3. The molecule has 0 bridgehead atoms. The van der Waals surface area contributed by atoms with E-state index >= 15 is 0 Å². The molecule has 0 aliphatic carbocycles. The van der Waals surface area contributed by atoms with Crippen molar-refractivity contribution in [3.05, 3.63) is 23.8 Å². The Morgan fingerprint density at radius 1 is 1.40 bits per heavy atom. The topological polar surface area (TPSA) is 58.6 Å². The molecule has 0 saturated heterocycles. The number of amides is 1. The molecule has 112 valence electrons. The zero-order valence-corrected chi connectivity index (χ0v) is 12.8. The fraction of sp³-hybridized carbons (Fsp3) is 0.562. The van der Waals surface area contributed by atoms with Gasteiger partial charge in [0.15, 0.2) is 0 Å². The van der Waals surface area contributed by atoms with Crippen molar-refractivity contribution in [2.75, 3.05) is 12.4 Å². The van der Waals surface area contributed by atoms with Crippen LogP contribution < -0.4 is 10.1 Å². The third-order valence-corrected chi connectivity index (χ3v) is 3.46. The van der Waals surface area contributed by atoms with E-state index in [1.807, 2.05) is 0 Å². The Balaban J connectivity index is 2.84. The van der Waals surface area contributed by atoms with E-state index in [1.54, 1.807) is 25.3 Å². The second-order valence-electron chi connectivity index (χ2n) is 5.31. The molecule has 4 heteroatoms. The first-order valence-corrected chi connectivity index (χ1v) is 7.12. The molecule has 0 aliphatic heterocycles. The average Bonchev–Trinajstić information content (AvgIpc) is 2.43. The molecule has 0 aromatic heterocycles. The van der Waals surface area contributed by atoms with E-state index in [4.69, 9.17) is 4.74 Å². The van der Waals surface area contributed by atoms with Crippen molar-refractivity contribution >= 4 is 11.6 Å². The van der Waals surface area contributed by atoms with Crippen LogP contribution in [0.5, 0.6) is 5.75 Å². The van der Waals surface area contributed by atoms with Crippen LogP contribution >= 0.6 is 0 Å². The molecule has 1 aromatic carbocycles. The third-order valence-electron chi connectivity index (χ3n) is 3.46. The number of methoxy groups -OCH3 is 1. The molecule has 4 nitrogen and oxygen atoms in total. The van der Waals surface area contributed by atoms with Crippen LogP contribution in [0.15, 0.2) is 18.2 Å². The van der Waals surface area contributed by atoms with Crippen molar-refractivity contribution in [1.82, 2.24) is 0 Å². The molecule has 2 N–H and O–H groups in total. The number of anilines is 1. The van der Waals surface area contributed by atoms with E-state index in [9.17, 15) is 9.90 Å². The van der Waals surface area contributed by atoms with Gasteiger partial charge in [-0.05, 0) is 30.5 Å². The molecule has 20 heavy (non-hydrogen) atoms. The summed E-state index contributed by atoms with van der Waals surface area (Å²) in [6, 6.07) is 5.30. The van der Waals surface area contributed by atoms with Gasteiger partial charge in [0.05, 0.1) is 13.7 Å². The smallest absolute Gasteiger partial charge is 0.227 e. The fourth-order valence-electron chi connectivity index (χ4n) is 2.29. The Bertz CT molecular complexity index is 443. The van der Waals surface area contributed by atoms with E-state index in [0.717, 1.165) is 12.8 Å². The van der Waals surface area contributed by atoms with Gasteiger partial charge in [-0.25, -0.2) is 0 Å². The highest BCUT2D eigenvalue weighted by Crippen LogP contribution is 2.24. The van der Waals surface area contributed by atoms with Gasteiger partial charge in [-0.2, -0.15) is 0 Å². The Kier molecular flexibility index (Phi) is 6.52. The molecule has 0 aliphatic rings. The van der Waals surface area contributed by atoms with Crippen molar-refractivity contribution in [3.8, 4) is 5.75 Å². The summed E-state index contributed by atoms with van der Waals surface area (Å²) in [7, 11) is 1.56. The van der Waals surface area contributed by atoms with Gasteiger partial charge in [0.1, 0.15) is 5.75 Å². The first-order chi connectivity index (χ1) is 9.53. The van der Waals surface area contributed by atoms with Gasteiger partial charge in [-0.15, -0.1) is 0 Å². The Morgan fingerprint density at radius 3 is 2.60 bits per heavy atom. The minimum Gasteiger partial charge on any atom is -0.496 e. The molecular formula is C16H25NO3. The van der Waals surface area contributed by atoms with Crippen molar-refractivity contribution in [1.29, 1.82) is 0 Å². The summed E-state index contributed by atoms with van der Waals surface area (Å²) < 4.78 is 5.15. The van der Waals surface area contributed by atoms with Crippen LogP contribution in [-0.2, 0) is 11.4 Å². The minimum absolute atomic E-state index is 0.0136. The van der Waals surface area contributed by atoms with Crippen LogP contribution in [0.25, 0.3) is 0 Å². The first-order valence-electron chi connectivity index (χ1n) is 7.12. The molecule has 0 radical (unpaired) electrons. The first kappa shape index (κ1) is 16.5. The number of hydrogen-bond donors (Lipinski definition) is 2. The predicted octanol–water partition coefficient (Wildman–Crippen LogP) is 3.20. The molecular weight excluding hydrogens is 254 g/mol. The lowest BCUT2D eigenvalue weighted by atomic mass is 9.90. The number of hydrogen-bond acceptors (Lipinski definition) is 3. The van der Waals surface area contributed by atoms with E-state index in [2.05, 4.69) is 26.1 Å². The molecule has 0 heterocycles. The highest BCUT2D eigenvalue weighted by atomic mass is 16.5. The van der Waals surface area contributed by atoms with Crippen LogP contribution in [0, 0.1) is 11.8 Å². The van der Waals surface area contributed by atoms with Gasteiger partial charge in [0.2, 0.25) is 5.91 Å².